The monoisotopic (exact) mass is 622 g/mol. The molecule has 0 saturated carbocycles. The summed E-state index contributed by atoms with van der Waals surface area (Å²) >= 11 is 1.60. The Kier molecular flexibility index (Phi) is 8.81. The number of hydrogen-bond donors (Lipinski definition) is 2. The number of nitrogens with zero attached hydrogens (tertiary/aromatic N) is 2. The third-order valence-corrected chi connectivity index (χ3v) is 9.96. The van der Waals surface area contributed by atoms with Gasteiger partial charge in [0, 0.05) is 36.2 Å². The number of sulfonamides is 1. The lowest BCUT2D eigenvalue weighted by Gasteiger charge is -2.26. The Labute approximate surface area is 255 Å². The molecule has 0 unspecified atom stereocenters. The molecule has 2 atom stereocenters. The predicted molar refractivity (Wildman–Crippen MR) is 165 cm³/mol. The van der Waals surface area contributed by atoms with Crippen LogP contribution in [0.15, 0.2) is 83.8 Å². The lowest BCUT2D eigenvalue weighted by atomic mass is 10.1. The largest absolute Gasteiger partial charge is 0.457 e. The third kappa shape index (κ3) is 7.20. The fourth-order valence-electron chi connectivity index (χ4n) is 5.03. The number of thioether (sulfide) groups is 1. The highest BCUT2D eigenvalue weighted by molar-refractivity contribution is 8.01. The molecule has 3 aromatic carbocycles. The number of urea groups is 1. The highest BCUT2D eigenvalue weighted by Crippen LogP contribution is 2.34. The average Bonchev–Trinajstić information content (AvgIpc) is 3.45. The smallest absolute Gasteiger partial charge is 0.317 e. The molecule has 2 aliphatic heterocycles. The van der Waals surface area contributed by atoms with Crippen LogP contribution in [0, 0.1) is 0 Å². The summed E-state index contributed by atoms with van der Waals surface area (Å²) in [6, 6.07) is 21.1. The standard InChI is InChI=1S/C31H34N4O6S2/c1-31(2,3)42-27-20-34(30(38)32-17-18-35-28(36)24-11-7-8-12-25(24)29(35)37)19-26(27)33-43(39,40)23-15-13-22(14-16-23)41-21-9-5-4-6-10-21/h4-16,26-27,33H,17-20H2,1-3H3,(H,32,38)/t26-,27-/m0/s1. The number of para-hydroxylation sites is 1. The third-order valence-electron chi connectivity index (χ3n) is 6.97. The first-order valence-electron chi connectivity index (χ1n) is 13.9. The van der Waals surface area contributed by atoms with Crippen LogP contribution in [0.25, 0.3) is 0 Å². The van der Waals surface area contributed by atoms with E-state index in [9.17, 15) is 22.8 Å². The molecule has 0 aromatic heterocycles. The van der Waals surface area contributed by atoms with Gasteiger partial charge in [-0.2, -0.15) is 0 Å². The average molecular weight is 623 g/mol. The first-order valence-corrected chi connectivity index (χ1v) is 16.3. The lowest BCUT2D eigenvalue weighted by molar-refractivity contribution is 0.0655. The van der Waals surface area contributed by atoms with Crippen molar-refractivity contribution >= 4 is 39.6 Å². The Morgan fingerprint density at radius 1 is 0.884 bits per heavy atom. The van der Waals surface area contributed by atoms with Crippen LogP contribution in [0.3, 0.4) is 0 Å². The Balaban J connectivity index is 1.20. The Bertz CT molecular complexity index is 1570. The number of carbonyl (C=O) groups excluding carboxylic acids is 3. The van der Waals surface area contributed by atoms with Crippen LogP contribution in [0.2, 0.25) is 0 Å². The number of hydrogen-bond acceptors (Lipinski definition) is 7. The van der Waals surface area contributed by atoms with Gasteiger partial charge in [0.2, 0.25) is 10.0 Å². The van der Waals surface area contributed by atoms with Gasteiger partial charge >= 0.3 is 6.03 Å². The van der Waals surface area contributed by atoms with Crippen LogP contribution in [-0.4, -0.2) is 78.3 Å². The van der Waals surface area contributed by atoms with Crippen LogP contribution in [0.5, 0.6) is 11.5 Å². The van der Waals surface area contributed by atoms with Crippen molar-refractivity contribution in [2.45, 2.75) is 41.7 Å². The first-order chi connectivity index (χ1) is 20.4. The zero-order valence-corrected chi connectivity index (χ0v) is 25.8. The summed E-state index contributed by atoms with van der Waals surface area (Å²) in [4.78, 5) is 41.1. The van der Waals surface area contributed by atoms with E-state index in [1.54, 1.807) is 53.1 Å². The molecule has 0 radical (unpaired) electrons. The minimum absolute atomic E-state index is 0.0339. The summed E-state index contributed by atoms with van der Waals surface area (Å²) in [6.45, 7) is 6.73. The van der Waals surface area contributed by atoms with Crippen molar-refractivity contribution in [2.24, 2.45) is 0 Å². The van der Waals surface area contributed by atoms with Gasteiger partial charge in [0.1, 0.15) is 11.5 Å². The molecule has 1 saturated heterocycles. The van der Waals surface area contributed by atoms with E-state index < -0.39 is 16.1 Å². The molecular weight excluding hydrogens is 588 g/mol. The van der Waals surface area contributed by atoms with Crippen molar-refractivity contribution in [1.82, 2.24) is 19.8 Å². The highest BCUT2D eigenvalue weighted by atomic mass is 32.2. The van der Waals surface area contributed by atoms with Crippen LogP contribution in [0.4, 0.5) is 4.79 Å². The lowest BCUT2D eigenvalue weighted by Crippen LogP contribution is -2.45. The van der Waals surface area contributed by atoms with E-state index in [2.05, 4.69) is 10.0 Å². The molecule has 12 heteroatoms. The summed E-state index contributed by atoms with van der Waals surface area (Å²) in [5.41, 5.74) is 0.711. The molecule has 1 fully saturated rings. The summed E-state index contributed by atoms with van der Waals surface area (Å²) in [5.74, 6) is 0.390. The van der Waals surface area contributed by atoms with Gasteiger partial charge in [-0.15, -0.1) is 11.8 Å². The van der Waals surface area contributed by atoms with Gasteiger partial charge in [0.15, 0.2) is 0 Å². The van der Waals surface area contributed by atoms with Crippen molar-refractivity contribution in [1.29, 1.82) is 0 Å². The molecule has 3 aromatic rings. The second-order valence-electron chi connectivity index (χ2n) is 11.3. The molecule has 0 bridgehead atoms. The predicted octanol–water partition coefficient (Wildman–Crippen LogP) is 4.35. The van der Waals surface area contributed by atoms with E-state index in [0.717, 1.165) is 4.90 Å². The number of likely N-dealkylation sites (tertiary alicyclic amines) is 1. The van der Waals surface area contributed by atoms with Gasteiger partial charge in [-0.3, -0.25) is 14.5 Å². The normalized spacial score (nSPS) is 18.6. The van der Waals surface area contributed by atoms with Crippen molar-refractivity contribution in [3.05, 3.63) is 90.0 Å². The van der Waals surface area contributed by atoms with Gasteiger partial charge in [0.05, 0.1) is 22.1 Å². The second kappa shape index (κ2) is 12.4. The number of amides is 4. The van der Waals surface area contributed by atoms with E-state index in [0.29, 0.717) is 29.2 Å². The Morgan fingerprint density at radius 2 is 1.47 bits per heavy atom. The topological polar surface area (TPSA) is 125 Å². The van der Waals surface area contributed by atoms with Crippen molar-refractivity contribution in [3.63, 3.8) is 0 Å². The second-order valence-corrected chi connectivity index (χ2v) is 15.1. The molecular formula is C31H34N4O6S2. The summed E-state index contributed by atoms with van der Waals surface area (Å²) in [5, 5.41) is 2.59. The molecule has 2 aliphatic rings. The first kappa shape index (κ1) is 30.6. The molecule has 226 valence electrons. The molecule has 43 heavy (non-hydrogen) atoms. The molecule has 2 heterocycles. The molecule has 10 nitrogen and oxygen atoms in total. The summed E-state index contributed by atoms with van der Waals surface area (Å²) < 4.78 is 35.1. The molecule has 5 rings (SSSR count). The molecule has 0 aliphatic carbocycles. The number of rotatable bonds is 9. The zero-order chi connectivity index (χ0) is 30.8. The van der Waals surface area contributed by atoms with E-state index in [4.69, 9.17) is 4.74 Å². The number of nitrogens with one attached hydrogen (secondary N) is 2. The number of benzene rings is 3. The van der Waals surface area contributed by atoms with Crippen molar-refractivity contribution in [3.8, 4) is 11.5 Å². The molecule has 2 N–H and O–H groups in total. The van der Waals surface area contributed by atoms with Crippen molar-refractivity contribution < 1.29 is 27.5 Å². The quantitative estimate of drug-likeness (QED) is 0.340. The van der Waals surface area contributed by atoms with Gasteiger partial charge in [-0.25, -0.2) is 17.9 Å². The summed E-state index contributed by atoms with van der Waals surface area (Å²) in [6.07, 6.45) is 0. The van der Waals surface area contributed by atoms with Crippen molar-refractivity contribution in [2.75, 3.05) is 26.2 Å². The van der Waals surface area contributed by atoms with Crippen LogP contribution in [-0.2, 0) is 10.0 Å². The zero-order valence-electron chi connectivity index (χ0n) is 24.1. The maximum atomic E-state index is 13.4. The van der Waals surface area contributed by atoms with Crippen LogP contribution >= 0.6 is 11.8 Å². The number of ether oxygens (including phenoxy) is 1. The minimum Gasteiger partial charge on any atom is -0.457 e. The summed E-state index contributed by atoms with van der Waals surface area (Å²) in [7, 11) is -3.90. The van der Waals surface area contributed by atoms with E-state index in [1.807, 2.05) is 51.1 Å². The Hall–Kier alpha value is -3.87. The molecule has 0 spiro atoms. The van der Waals surface area contributed by atoms with Gasteiger partial charge < -0.3 is 15.0 Å². The number of carbonyl (C=O) groups is 3. The van der Waals surface area contributed by atoms with Crippen LogP contribution < -0.4 is 14.8 Å². The maximum Gasteiger partial charge on any atom is 0.317 e. The van der Waals surface area contributed by atoms with E-state index >= 15 is 0 Å². The number of imide groups is 1. The van der Waals surface area contributed by atoms with Crippen LogP contribution in [0.1, 0.15) is 41.5 Å². The Morgan fingerprint density at radius 3 is 2.07 bits per heavy atom. The van der Waals surface area contributed by atoms with Gasteiger partial charge in [0.25, 0.3) is 11.8 Å². The van der Waals surface area contributed by atoms with E-state index in [-0.39, 0.29) is 52.4 Å². The SMILES string of the molecule is CC(C)(C)S[C@H]1CN(C(=O)NCCN2C(=O)c3ccccc3C2=O)C[C@@H]1NS(=O)(=O)c1ccc(Oc2ccccc2)cc1. The van der Waals surface area contributed by atoms with Gasteiger partial charge in [-0.05, 0) is 48.5 Å². The minimum atomic E-state index is -3.90. The van der Waals surface area contributed by atoms with Gasteiger partial charge in [-0.1, -0.05) is 51.1 Å². The molecule has 4 amide bonds. The number of fused-ring (bicyclic) bond motifs is 1. The van der Waals surface area contributed by atoms with E-state index in [1.165, 1.54) is 12.1 Å². The fourth-order valence-corrected chi connectivity index (χ4v) is 7.87. The highest BCUT2D eigenvalue weighted by Gasteiger charge is 2.40. The fraction of sp³-hybridized carbons (Fsp3) is 0.323. The maximum absolute atomic E-state index is 13.4.